The number of rotatable bonds is 6. The highest BCUT2D eigenvalue weighted by atomic mass is 35.5. The molecule has 0 amide bonds. The maximum absolute atomic E-state index is 14.2. The Bertz CT molecular complexity index is 1660. The van der Waals surface area contributed by atoms with Crippen molar-refractivity contribution in [3.05, 3.63) is 125 Å². The number of fused-ring (bicyclic) bond motifs is 1. The molecule has 5 rings (SSSR count). The van der Waals surface area contributed by atoms with Gasteiger partial charge < -0.3 is 9.30 Å². The fraction of sp³-hybridized carbons (Fsp3) is 0.100. The fourth-order valence-electron chi connectivity index (χ4n) is 4.40. The number of ether oxygens (including phenoxy) is 1. The van der Waals surface area contributed by atoms with Crippen LogP contribution in [0.2, 0.25) is 0 Å². The number of aromatic nitrogens is 2. The zero-order chi connectivity index (χ0) is 25.1. The van der Waals surface area contributed by atoms with Crippen molar-refractivity contribution in [2.75, 3.05) is 0 Å². The second kappa shape index (κ2) is 11.1. The van der Waals surface area contributed by atoms with Crippen LogP contribution in [0.1, 0.15) is 34.1 Å². The van der Waals surface area contributed by atoms with E-state index in [0.717, 1.165) is 33.2 Å². The molecule has 0 N–H and O–H groups in total. The van der Waals surface area contributed by atoms with Gasteiger partial charge in [-0.1, -0.05) is 54.6 Å². The van der Waals surface area contributed by atoms with E-state index in [9.17, 15) is 9.65 Å². The zero-order valence-electron chi connectivity index (χ0n) is 19.9. The van der Waals surface area contributed by atoms with Crippen molar-refractivity contribution in [2.45, 2.75) is 12.7 Å². The Kier molecular flexibility index (Phi) is 7.65. The van der Waals surface area contributed by atoms with Crippen LogP contribution >= 0.6 is 12.4 Å². The highest BCUT2D eigenvalue weighted by Crippen LogP contribution is 2.35. The predicted molar refractivity (Wildman–Crippen MR) is 142 cm³/mol. The summed E-state index contributed by atoms with van der Waals surface area (Å²) in [6.45, 7) is 0.127. The Hall–Kier alpha value is -4.49. The lowest BCUT2D eigenvalue weighted by atomic mass is 9.92. The van der Waals surface area contributed by atoms with Gasteiger partial charge in [0, 0.05) is 12.6 Å². The minimum absolute atomic E-state index is 0. The Labute approximate surface area is 220 Å². The Morgan fingerprint density at radius 1 is 0.919 bits per heavy atom. The second-order valence-electron chi connectivity index (χ2n) is 8.49. The maximum Gasteiger partial charge on any atom is 0.141 e. The van der Waals surface area contributed by atoms with Crippen LogP contribution in [0.15, 0.2) is 91.4 Å². The number of imidazole rings is 1. The van der Waals surface area contributed by atoms with Gasteiger partial charge in [-0.25, -0.2) is 9.37 Å². The van der Waals surface area contributed by atoms with Crippen molar-refractivity contribution in [3.63, 3.8) is 0 Å². The van der Waals surface area contributed by atoms with Gasteiger partial charge in [0.15, 0.2) is 0 Å². The Morgan fingerprint density at radius 2 is 1.68 bits per heavy atom. The molecule has 182 valence electrons. The van der Waals surface area contributed by atoms with Crippen LogP contribution in [0.5, 0.6) is 0 Å². The van der Waals surface area contributed by atoms with Crippen LogP contribution < -0.4 is 0 Å². The van der Waals surface area contributed by atoms with E-state index >= 15 is 0 Å². The number of aryl methyl sites for hydroxylation is 1. The highest BCUT2D eigenvalue weighted by molar-refractivity contribution is 5.97. The maximum atomic E-state index is 14.2. The van der Waals surface area contributed by atoms with E-state index < -0.39 is 11.9 Å². The normalized spacial score (nSPS) is 11.4. The molecule has 0 aliphatic rings. The molecule has 1 aromatic heterocycles. The summed E-state index contributed by atoms with van der Waals surface area (Å²) in [5, 5.41) is 21.0. The van der Waals surface area contributed by atoms with Gasteiger partial charge in [-0.15, -0.1) is 12.4 Å². The van der Waals surface area contributed by atoms with Crippen molar-refractivity contribution in [3.8, 4) is 23.3 Å². The lowest BCUT2D eigenvalue weighted by Crippen LogP contribution is -2.11. The molecule has 1 heterocycles. The molecule has 1 atom stereocenters. The summed E-state index contributed by atoms with van der Waals surface area (Å²) in [5.74, 6) is -0.577. The summed E-state index contributed by atoms with van der Waals surface area (Å²) in [7, 11) is 1.88. The van der Waals surface area contributed by atoms with Crippen LogP contribution in [0.25, 0.3) is 21.9 Å². The number of hydrogen-bond donors (Lipinski definition) is 0. The van der Waals surface area contributed by atoms with E-state index in [2.05, 4.69) is 11.1 Å². The monoisotopic (exact) mass is 508 g/mol. The lowest BCUT2D eigenvalue weighted by molar-refractivity contribution is 0.0621. The van der Waals surface area contributed by atoms with Crippen LogP contribution in [-0.2, 0) is 18.4 Å². The van der Waals surface area contributed by atoms with Crippen molar-refractivity contribution in [1.82, 2.24) is 9.55 Å². The summed E-state index contributed by atoms with van der Waals surface area (Å²) in [6, 6.07) is 28.4. The Morgan fingerprint density at radius 3 is 2.41 bits per heavy atom. The molecule has 0 aliphatic heterocycles. The summed E-state index contributed by atoms with van der Waals surface area (Å²) >= 11 is 0. The van der Waals surface area contributed by atoms with E-state index in [1.165, 1.54) is 12.1 Å². The molecule has 1 unspecified atom stereocenters. The first-order valence-electron chi connectivity index (χ1n) is 11.4. The molecule has 0 saturated heterocycles. The van der Waals surface area contributed by atoms with Crippen molar-refractivity contribution < 1.29 is 9.13 Å². The summed E-state index contributed by atoms with van der Waals surface area (Å²) in [5.41, 5.74) is 4.60. The van der Waals surface area contributed by atoms with Crippen LogP contribution in [0.4, 0.5) is 4.39 Å². The zero-order valence-corrected chi connectivity index (χ0v) is 20.7. The van der Waals surface area contributed by atoms with E-state index in [-0.39, 0.29) is 24.6 Å². The molecule has 0 radical (unpaired) electrons. The van der Waals surface area contributed by atoms with Crippen LogP contribution in [0, 0.1) is 28.5 Å². The van der Waals surface area contributed by atoms with Gasteiger partial charge in [-0.2, -0.15) is 10.5 Å². The van der Waals surface area contributed by atoms with Gasteiger partial charge in [0.25, 0.3) is 0 Å². The average Bonchev–Trinajstić information content (AvgIpc) is 3.34. The van der Waals surface area contributed by atoms with E-state index in [0.29, 0.717) is 11.1 Å². The van der Waals surface area contributed by atoms with Crippen molar-refractivity contribution in [2.24, 2.45) is 7.05 Å². The third-order valence-corrected chi connectivity index (χ3v) is 6.24. The van der Waals surface area contributed by atoms with Crippen LogP contribution in [-0.4, -0.2) is 9.55 Å². The van der Waals surface area contributed by atoms with Gasteiger partial charge >= 0.3 is 0 Å². The fourth-order valence-corrected chi connectivity index (χ4v) is 4.40. The van der Waals surface area contributed by atoms with E-state index in [1.807, 2.05) is 72.3 Å². The first kappa shape index (κ1) is 25.6. The van der Waals surface area contributed by atoms with Gasteiger partial charge in [0.05, 0.1) is 42.0 Å². The molecular formula is C30H22ClFN4O. The molecule has 0 bridgehead atoms. The minimum atomic E-state index is -0.577. The molecule has 0 saturated carbocycles. The first-order chi connectivity index (χ1) is 17.6. The second-order valence-corrected chi connectivity index (χ2v) is 8.49. The predicted octanol–water partition coefficient (Wildman–Crippen LogP) is 6.85. The largest absolute Gasteiger partial charge is 0.363 e. The topological polar surface area (TPSA) is 74.6 Å². The molecule has 0 fully saturated rings. The molecule has 0 aliphatic carbocycles. The van der Waals surface area contributed by atoms with Gasteiger partial charge in [0.1, 0.15) is 18.0 Å². The minimum Gasteiger partial charge on any atom is -0.363 e. The summed E-state index contributed by atoms with van der Waals surface area (Å²) in [6.07, 6.45) is 2.92. The number of halogens is 2. The van der Waals surface area contributed by atoms with Gasteiger partial charge in [-0.05, 0) is 51.7 Å². The smallest absolute Gasteiger partial charge is 0.141 e. The third-order valence-electron chi connectivity index (χ3n) is 6.24. The summed E-state index contributed by atoms with van der Waals surface area (Å²) < 4.78 is 22.4. The van der Waals surface area contributed by atoms with E-state index in [1.54, 1.807) is 24.7 Å². The Balaban J connectivity index is 0.00000320. The van der Waals surface area contributed by atoms with Crippen molar-refractivity contribution >= 4 is 23.2 Å². The number of nitriles is 2. The molecule has 4 aromatic carbocycles. The number of nitrogens with zero attached hydrogens (tertiary/aromatic N) is 4. The average molecular weight is 509 g/mol. The molecule has 0 spiro atoms. The highest BCUT2D eigenvalue weighted by Gasteiger charge is 2.21. The number of benzene rings is 4. The molecule has 37 heavy (non-hydrogen) atoms. The SMILES string of the molecule is Cl.Cn1cncc1C(OCc1ccc(C#N)c(F)c1)c1ccc(C#N)c(-c2cccc3ccccc23)c1. The molecule has 5 aromatic rings. The lowest BCUT2D eigenvalue weighted by Gasteiger charge is -2.21. The quantitative estimate of drug-likeness (QED) is 0.251. The third kappa shape index (κ3) is 5.08. The van der Waals surface area contributed by atoms with Gasteiger partial charge in [-0.3, -0.25) is 0 Å². The standard InChI is InChI=1S/C30H21FN4O.ClH/c1-35-19-34-17-29(35)30(36-18-20-9-10-24(16-33)28(31)13-20)22-11-12-23(15-32)27(14-22)26-8-4-6-21-5-2-3-7-25(21)26;/h2-14,17,19,30H,18H2,1H3;1H. The molecular weight excluding hydrogens is 487 g/mol. The first-order valence-corrected chi connectivity index (χ1v) is 11.4. The van der Waals surface area contributed by atoms with E-state index in [4.69, 9.17) is 10.00 Å². The molecule has 7 heteroatoms. The van der Waals surface area contributed by atoms with Crippen LogP contribution in [0.3, 0.4) is 0 Å². The molecule has 5 nitrogen and oxygen atoms in total. The van der Waals surface area contributed by atoms with Crippen molar-refractivity contribution in [1.29, 1.82) is 10.5 Å². The van der Waals surface area contributed by atoms with Gasteiger partial charge in [0.2, 0.25) is 0 Å². The summed E-state index contributed by atoms with van der Waals surface area (Å²) in [4.78, 5) is 4.25. The number of hydrogen-bond acceptors (Lipinski definition) is 4.